The first-order chi connectivity index (χ1) is 20.6. The molecule has 0 saturated heterocycles. The summed E-state index contributed by atoms with van der Waals surface area (Å²) >= 11 is 1.33. The van der Waals surface area contributed by atoms with Crippen LogP contribution in [0.15, 0.2) is 69.6 Å². The molecule has 2 aromatic carbocycles. The van der Waals surface area contributed by atoms with Crippen molar-refractivity contribution < 1.29 is 14.3 Å². The number of fused-ring (bicyclic) bond motifs is 1. The molecule has 0 radical (unpaired) electrons. The van der Waals surface area contributed by atoms with Crippen molar-refractivity contribution in [3.05, 3.63) is 108 Å². The van der Waals surface area contributed by atoms with Gasteiger partial charge in [-0.05, 0) is 95.1 Å². The summed E-state index contributed by atoms with van der Waals surface area (Å²) in [6.07, 6.45) is 1.93. The lowest BCUT2D eigenvalue weighted by molar-refractivity contribution is -0.127. The Hall–Kier alpha value is -4.37. The van der Waals surface area contributed by atoms with Crippen molar-refractivity contribution in [2.45, 2.75) is 47.6 Å². The summed E-state index contributed by atoms with van der Waals surface area (Å²) in [7, 11) is 3.18. The third-order valence-electron chi connectivity index (χ3n) is 8.05. The van der Waals surface area contributed by atoms with Gasteiger partial charge in [0.25, 0.3) is 11.5 Å². The molecule has 0 spiro atoms. The zero-order valence-electron chi connectivity index (χ0n) is 26.0. The van der Waals surface area contributed by atoms with Crippen LogP contribution in [0.3, 0.4) is 0 Å². The van der Waals surface area contributed by atoms with E-state index in [1.165, 1.54) is 16.9 Å². The maximum absolute atomic E-state index is 14.3. The molecule has 224 valence electrons. The number of nitrogens with zero attached hydrogens (tertiary/aromatic N) is 4. The molecule has 1 atom stereocenters. The van der Waals surface area contributed by atoms with E-state index in [9.17, 15) is 9.59 Å². The second-order valence-corrected chi connectivity index (χ2v) is 11.7. The topological polar surface area (TPSA) is 78.1 Å². The van der Waals surface area contributed by atoms with Crippen molar-refractivity contribution in [1.82, 2.24) is 14.0 Å². The fourth-order valence-electron chi connectivity index (χ4n) is 5.86. The van der Waals surface area contributed by atoms with Gasteiger partial charge in [-0.25, -0.2) is 4.99 Å². The van der Waals surface area contributed by atoms with Gasteiger partial charge in [0.15, 0.2) is 4.80 Å². The molecule has 8 nitrogen and oxygen atoms in total. The number of hydrogen-bond donors (Lipinski definition) is 0. The highest BCUT2D eigenvalue weighted by Gasteiger charge is 2.36. The third-order valence-corrected chi connectivity index (χ3v) is 9.03. The van der Waals surface area contributed by atoms with Gasteiger partial charge in [-0.2, -0.15) is 0 Å². The van der Waals surface area contributed by atoms with Gasteiger partial charge in [0.05, 0.1) is 30.0 Å². The standard InChI is InChI=1S/C34H38N4O4S/c1-9-36(10-2)33(40)30-22(5)35-34-38(31(30)27-19-26(41-7)14-15-28(27)42-8)32(39)29(43-34)18-24-17-21(4)37(23(24)6)25-13-11-12-20(3)16-25/h11-19,31H,9-10H2,1-8H3/b29-18-/t31-/m1/s1. The number of carbonyl (C=O) groups excluding carboxylic acids is 1. The second kappa shape index (κ2) is 12.1. The van der Waals surface area contributed by atoms with E-state index < -0.39 is 6.04 Å². The number of allylic oxidation sites excluding steroid dienone is 1. The molecular weight excluding hydrogens is 560 g/mol. The van der Waals surface area contributed by atoms with Crippen molar-refractivity contribution in [2.24, 2.45) is 4.99 Å². The van der Waals surface area contributed by atoms with E-state index >= 15 is 0 Å². The van der Waals surface area contributed by atoms with Crippen molar-refractivity contribution >= 4 is 23.3 Å². The van der Waals surface area contributed by atoms with Crippen LogP contribution in [0.2, 0.25) is 0 Å². The van der Waals surface area contributed by atoms with Gasteiger partial charge in [-0.15, -0.1) is 0 Å². The lowest BCUT2D eigenvalue weighted by Gasteiger charge is -2.30. The Morgan fingerprint density at radius 3 is 2.42 bits per heavy atom. The van der Waals surface area contributed by atoms with Gasteiger partial charge in [0.2, 0.25) is 0 Å². The minimum Gasteiger partial charge on any atom is -0.497 e. The predicted molar refractivity (Wildman–Crippen MR) is 171 cm³/mol. The van der Waals surface area contributed by atoms with E-state index in [2.05, 4.69) is 49.6 Å². The Kier molecular flexibility index (Phi) is 8.46. The number of aromatic nitrogens is 2. The van der Waals surface area contributed by atoms with Gasteiger partial charge < -0.3 is 18.9 Å². The molecule has 3 heterocycles. The number of methoxy groups -OCH3 is 2. The molecule has 0 bridgehead atoms. The number of hydrogen-bond acceptors (Lipinski definition) is 6. The molecule has 0 N–H and O–H groups in total. The Morgan fingerprint density at radius 1 is 1.02 bits per heavy atom. The van der Waals surface area contributed by atoms with Gasteiger partial charge in [-0.3, -0.25) is 14.2 Å². The lowest BCUT2D eigenvalue weighted by Crippen LogP contribution is -2.43. The monoisotopic (exact) mass is 598 g/mol. The Bertz CT molecular complexity index is 1920. The predicted octanol–water partition coefficient (Wildman–Crippen LogP) is 4.84. The SMILES string of the molecule is CCN(CC)C(=O)C1=C(C)N=c2s/c(=C\c3cc(C)n(-c4cccc(C)c4)c3C)c(=O)n2[C@@H]1c1cc(OC)ccc1OC. The molecule has 43 heavy (non-hydrogen) atoms. The summed E-state index contributed by atoms with van der Waals surface area (Å²) in [6.45, 7) is 13.0. The Morgan fingerprint density at radius 2 is 1.77 bits per heavy atom. The van der Waals surface area contributed by atoms with Crippen LogP contribution in [0, 0.1) is 20.8 Å². The summed E-state index contributed by atoms with van der Waals surface area (Å²) in [5, 5.41) is 0. The zero-order chi connectivity index (χ0) is 31.0. The lowest BCUT2D eigenvalue weighted by atomic mass is 9.93. The molecule has 1 aliphatic heterocycles. The smallest absolute Gasteiger partial charge is 0.271 e. The maximum Gasteiger partial charge on any atom is 0.271 e. The van der Waals surface area contributed by atoms with Gasteiger partial charge in [-0.1, -0.05) is 23.5 Å². The van der Waals surface area contributed by atoms with Gasteiger partial charge in [0, 0.05) is 35.7 Å². The normalized spacial score (nSPS) is 14.9. The molecule has 0 aliphatic carbocycles. The second-order valence-electron chi connectivity index (χ2n) is 10.7. The first kappa shape index (κ1) is 30.1. The van der Waals surface area contributed by atoms with Crippen molar-refractivity contribution in [2.75, 3.05) is 27.3 Å². The van der Waals surface area contributed by atoms with Crippen LogP contribution < -0.4 is 24.4 Å². The molecule has 4 aromatic rings. The van der Waals surface area contributed by atoms with Crippen molar-refractivity contribution in [1.29, 1.82) is 0 Å². The Labute approximate surface area is 255 Å². The van der Waals surface area contributed by atoms with E-state index in [-0.39, 0.29) is 11.5 Å². The van der Waals surface area contributed by atoms with Gasteiger partial charge >= 0.3 is 0 Å². The summed E-state index contributed by atoms with van der Waals surface area (Å²) in [6, 6.07) is 15.2. The van der Waals surface area contributed by atoms with Crippen molar-refractivity contribution in [3.63, 3.8) is 0 Å². The van der Waals surface area contributed by atoms with E-state index in [0.717, 1.165) is 22.6 Å². The molecule has 1 aliphatic rings. The summed E-state index contributed by atoms with van der Waals surface area (Å²) in [5.41, 5.74) is 6.81. The minimum atomic E-state index is -0.740. The number of amides is 1. The number of carbonyl (C=O) groups is 1. The van der Waals surface area contributed by atoms with E-state index in [4.69, 9.17) is 14.5 Å². The van der Waals surface area contributed by atoms with Crippen LogP contribution in [0.1, 0.15) is 54.9 Å². The van der Waals surface area contributed by atoms with Crippen LogP contribution >= 0.6 is 11.3 Å². The number of rotatable bonds is 8. The molecule has 0 saturated carbocycles. The molecule has 5 rings (SSSR count). The fraction of sp³-hybridized carbons (Fsp3) is 0.324. The van der Waals surface area contributed by atoms with Crippen LogP contribution in [-0.2, 0) is 4.79 Å². The van der Waals surface area contributed by atoms with Gasteiger partial charge in [0.1, 0.15) is 17.5 Å². The molecule has 9 heteroatoms. The fourth-order valence-corrected chi connectivity index (χ4v) is 6.90. The quantitative estimate of drug-likeness (QED) is 0.291. The summed E-state index contributed by atoms with van der Waals surface area (Å²) in [4.78, 5) is 35.4. The van der Waals surface area contributed by atoms with Crippen molar-refractivity contribution in [3.8, 4) is 17.2 Å². The van der Waals surface area contributed by atoms with E-state index in [0.29, 0.717) is 50.8 Å². The van der Waals surface area contributed by atoms with E-state index in [1.54, 1.807) is 35.8 Å². The minimum absolute atomic E-state index is 0.155. The maximum atomic E-state index is 14.3. The number of thiazole rings is 1. The highest BCUT2D eigenvalue weighted by Crippen LogP contribution is 2.38. The first-order valence-corrected chi connectivity index (χ1v) is 15.2. The third kappa shape index (κ3) is 5.33. The summed E-state index contributed by atoms with van der Waals surface area (Å²) < 4.78 is 15.7. The average molecular weight is 599 g/mol. The number of ether oxygens (including phenoxy) is 2. The van der Waals surface area contributed by atoms with Crippen LogP contribution in [-0.4, -0.2) is 47.3 Å². The molecular formula is C34H38N4O4S. The first-order valence-electron chi connectivity index (χ1n) is 14.4. The average Bonchev–Trinajstić information content (AvgIpc) is 3.45. The Balaban J connectivity index is 1.75. The molecule has 0 fully saturated rings. The van der Waals surface area contributed by atoms with Crippen LogP contribution in [0.5, 0.6) is 11.5 Å². The highest BCUT2D eigenvalue weighted by molar-refractivity contribution is 7.07. The van der Waals surface area contributed by atoms with Crippen LogP contribution in [0.25, 0.3) is 11.8 Å². The van der Waals surface area contributed by atoms with Crippen LogP contribution in [0.4, 0.5) is 0 Å². The molecule has 1 amide bonds. The highest BCUT2D eigenvalue weighted by atomic mass is 32.1. The summed E-state index contributed by atoms with van der Waals surface area (Å²) in [5.74, 6) is 1.00. The zero-order valence-corrected chi connectivity index (χ0v) is 26.8. The number of aryl methyl sites for hydroxylation is 2. The largest absolute Gasteiger partial charge is 0.497 e. The molecule has 0 unspecified atom stereocenters. The molecule has 2 aromatic heterocycles. The number of likely N-dealkylation sites (N-methyl/N-ethyl adjacent to an activating group) is 1. The number of benzene rings is 2. The van der Waals surface area contributed by atoms with E-state index in [1.807, 2.05) is 39.0 Å².